The molecule has 0 radical (unpaired) electrons. The quantitative estimate of drug-likeness (QED) is 0.767. The highest BCUT2D eigenvalue weighted by atomic mass is 16.1. The number of hydrogen-bond acceptors (Lipinski definition) is 4. The first kappa shape index (κ1) is 16.5. The van der Waals surface area contributed by atoms with E-state index in [-0.39, 0.29) is 5.91 Å². The molecule has 24 heavy (non-hydrogen) atoms. The van der Waals surface area contributed by atoms with E-state index in [1.54, 1.807) is 12.4 Å². The fourth-order valence-electron chi connectivity index (χ4n) is 3.11. The van der Waals surface area contributed by atoms with Crippen molar-refractivity contribution in [3.63, 3.8) is 0 Å². The third kappa shape index (κ3) is 4.13. The number of aryl methyl sites for hydroxylation is 1. The molecule has 2 N–H and O–H groups in total. The molecule has 1 aliphatic carbocycles. The van der Waals surface area contributed by atoms with E-state index in [1.807, 2.05) is 17.5 Å². The predicted octanol–water partition coefficient (Wildman–Crippen LogP) is 2.85. The van der Waals surface area contributed by atoms with Crippen molar-refractivity contribution < 1.29 is 4.79 Å². The smallest absolute Gasteiger partial charge is 0.221 e. The summed E-state index contributed by atoms with van der Waals surface area (Å²) in [7, 11) is 0. The molecule has 1 amide bonds. The van der Waals surface area contributed by atoms with Crippen molar-refractivity contribution in [2.45, 2.75) is 45.4 Å². The van der Waals surface area contributed by atoms with Gasteiger partial charge in [-0.15, -0.1) is 0 Å². The lowest BCUT2D eigenvalue weighted by atomic mass is 9.97. The van der Waals surface area contributed by atoms with E-state index in [1.165, 1.54) is 31.3 Å². The molecule has 128 valence electrons. The highest BCUT2D eigenvalue weighted by Crippen LogP contribution is 2.19. The van der Waals surface area contributed by atoms with Gasteiger partial charge in [-0.05, 0) is 39.0 Å². The number of carbonyl (C=O) groups is 1. The number of amides is 1. The number of nitrogens with zero attached hydrogens (tertiary/aromatic N) is 3. The first-order valence-corrected chi connectivity index (χ1v) is 8.71. The zero-order valence-corrected chi connectivity index (χ0v) is 14.2. The van der Waals surface area contributed by atoms with Gasteiger partial charge in [-0.3, -0.25) is 14.2 Å². The molecule has 3 rings (SSSR count). The van der Waals surface area contributed by atoms with E-state index in [4.69, 9.17) is 0 Å². The van der Waals surface area contributed by atoms with Crippen LogP contribution >= 0.6 is 0 Å². The summed E-state index contributed by atoms with van der Waals surface area (Å²) in [4.78, 5) is 20.5. The number of rotatable bonds is 7. The van der Waals surface area contributed by atoms with Crippen LogP contribution < -0.4 is 10.6 Å². The molecule has 6 nitrogen and oxygen atoms in total. The van der Waals surface area contributed by atoms with E-state index < -0.39 is 0 Å². The largest absolute Gasteiger partial charge is 0.369 e. The standard InChI is InChI=1S/C18H25N5O/c1-14-18(23-12-11-19-13-16(23)22-14)21-10-8-17(24)20-9-7-15-5-3-2-4-6-15/h5,11-13,21H,2-4,6-10H2,1H3,(H,20,24). The van der Waals surface area contributed by atoms with Crippen LogP contribution in [0.2, 0.25) is 0 Å². The van der Waals surface area contributed by atoms with Gasteiger partial charge in [0, 0.05) is 31.9 Å². The Morgan fingerprint density at radius 3 is 3.08 bits per heavy atom. The van der Waals surface area contributed by atoms with Crippen molar-refractivity contribution in [1.82, 2.24) is 19.7 Å². The van der Waals surface area contributed by atoms with E-state index in [0.717, 1.165) is 30.1 Å². The molecule has 2 heterocycles. The molecule has 0 saturated heterocycles. The van der Waals surface area contributed by atoms with Gasteiger partial charge in [0.25, 0.3) is 0 Å². The number of nitrogens with one attached hydrogen (secondary N) is 2. The van der Waals surface area contributed by atoms with Gasteiger partial charge < -0.3 is 10.6 Å². The zero-order chi connectivity index (χ0) is 16.8. The molecule has 0 aromatic carbocycles. The van der Waals surface area contributed by atoms with Crippen molar-refractivity contribution in [3.05, 3.63) is 35.9 Å². The van der Waals surface area contributed by atoms with Crippen LogP contribution in [-0.4, -0.2) is 33.4 Å². The normalized spacial score (nSPS) is 14.5. The van der Waals surface area contributed by atoms with Crippen LogP contribution in [0.3, 0.4) is 0 Å². The Bertz CT molecular complexity index is 734. The van der Waals surface area contributed by atoms with Gasteiger partial charge in [0.1, 0.15) is 5.82 Å². The molecular weight excluding hydrogens is 302 g/mol. The number of imidazole rings is 1. The number of fused-ring (bicyclic) bond motifs is 1. The van der Waals surface area contributed by atoms with Gasteiger partial charge in [-0.25, -0.2) is 4.98 Å². The highest BCUT2D eigenvalue weighted by molar-refractivity contribution is 5.76. The van der Waals surface area contributed by atoms with E-state index in [0.29, 0.717) is 13.0 Å². The minimum atomic E-state index is 0.0899. The number of hydrogen-bond donors (Lipinski definition) is 2. The minimum absolute atomic E-state index is 0.0899. The fraction of sp³-hybridized carbons (Fsp3) is 0.500. The number of carbonyl (C=O) groups excluding carboxylic acids is 1. The molecular formula is C18H25N5O. The maximum absolute atomic E-state index is 12.0. The third-order valence-corrected chi connectivity index (χ3v) is 4.40. The van der Waals surface area contributed by atoms with Crippen LogP contribution in [-0.2, 0) is 4.79 Å². The van der Waals surface area contributed by atoms with Crippen LogP contribution in [0.25, 0.3) is 5.65 Å². The number of anilines is 1. The van der Waals surface area contributed by atoms with Crippen molar-refractivity contribution in [1.29, 1.82) is 0 Å². The van der Waals surface area contributed by atoms with Gasteiger partial charge >= 0.3 is 0 Å². The maximum Gasteiger partial charge on any atom is 0.221 e. The summed E-state index contributed by atoms with van der Waals surface area (Å²) in [5.41, 5.74) is 3.21. The zero-order valence-electron chi connectivity index (χ0n) is 14.2. The van der Waals surface area contributed by atoms with Crippen molar-refractivity contribution >= 4 is 17.4 Å². The molecule has 0 aliphatic heterocycles. The van der Waals surface area contributed by atoms with E-state index in [2.05, 4.69) is 26.7 Å². The average molecular weight is 327 g/mol. The monoisotopic (exact) mass is 327 g/mol. The molecule has 0 spiro atoms. The van der Waals surface area contributed by atoms with Crippen LogP contribution in [0.15, 0.2) is 30.2 Å². The lowest BCUT2D eigenvalue weighted by Crippen LogP contribution is -2.26. The second kappa shape index (κ2) is 7.95. The molecule has 0 unspecified atom stereocenters. The first-order valence-electron chi connectivity index (χ1n) is 8.71. The second-order valence-electron chi connectivity index (χ2n) is 6.24. The SMILES string of the molecule is Cc1nc2cnccn2c1NCCC(=O)NCCC1=CCCCC1. The van der Waals surface area contributed by atoms with Crippen LogP contribution in [0.4, 0.5) is 5.82 Å². The van der Waals surface area contributed by atoms with Crippen molar-refractivity contribution in [2.24, 2.45) is 0 Å². The topological polar surface area (TPSA) is 71.3 Å². The van der Waals surface area contributed by atoms with Crippen LogP contribution in [0.5, 0.6) is 0 Å². The molecule has 0 atom stereocenters. The summed E-state index contributed by atoms with van der Waals surface area (Å²) in [5.74, 6) is 1.01. The Balaban J connectivity index is 1.41. The van der Waals surface area contributed by atoms with Gasteiger partial charge in [0.05, 0.1) is 11.9 Å². The number of allylic oxidation sites excluding steroid dienone is 1. The van der Waals surface area contributed by atoms with E-state index >= 15 is 0 Å². The maximum atomic E-state index is 12.0. The van der Waals surface area contributed by atoms with Gasteiger partial charge in [0.2, 0.25) is 5.91 Å². The summed E-state index contributed by atoms with van der Waals surface area (Å²) in [5, 5.41) is 6.32. The Morgan fingerprint density at radius 1 is 1.33 bits per heavy atom. The molecule has 0 bridgehead atoms. The predicted molar refractivity (Wildman–Crippen MR) is 95.0 cm³/mol. The molecule has 0 fully saturated rings. The molecule has 1 aliphatic rings. The summed E-state index contributed by atoms with van der Waals surface area (Å²) in [6.45, 7) is 3.28. The van der Waals surface area contributed by atoms with Crippen molar-refractivity contribution in [2.75, 3.05) is 18.4 Å². The van der Waals surface area contributed by atoms with Crippen LogP contribution in [0, 0.1) is 6.92 Å². The van der Waals surface area contributed by atoms with Crippen molar-refractivity contribution in [3.8, 4) is 0 Å². The van der Waals surface area contributed by atoms with E-state index in [9.17, 15) is 4.79 Å². The lowest BCUT2D eigenvalue weighted by Gasteiger charge is -2.13. The Hall–Kier alpha value is -2.37. The minimum Gasteiger partial charge on any atom is -0.369 e. The molecule has 6 heteroatoms. The third-order valence-electron chi connectivity index (χ3n) is 4.40. The average Bonchev–Trinajstić information content (AvgIpc) is 2.92. The second-order valence-corrected chi connectivity index (χ2v) is 6.24. The Morgan fingerprint density at radius 2 is 2.25 bits per heavy atom. The Kier molecular flexibility index (Phi) is 5.46. The fourth-order valence-corrected chi connectivity index (χ4v) is 3.11. The molecule has 2 aromatic rings. The number of aromatic nitrogens is 3. The van der Waals surface area contributed by atoms with Crippen LogP contribution in [0.1, 0.15) is 44.2 Å². The first-order chi connectivity index (χ1) is 11.7. The molecule has 2 aromatic heterocycles. The van der Waals surface area contributed by atoms with Gasteiger partial charge in [-0.2, -0.15) is 0 Å². The summed E-state index contributed by atoms with van der Waals surface area (Å²) < 4.78 is 1.95. The molecule has 0 saturated carbocycles. The summed E-state index contributed by atoms with van der Waals surface area (Å²) in [6.07, 6.45) is 14.1. The Labute approximate surface area is 142 Å². The lowest BCUT2D eigenvalue weighted by molar-refractivity contribution is -0.120. The summed E-state index contributed by atoms with van der Waals surface area (Å²) >= 11 is 0. The van der Waals surface area contributed by atoms with Gasteiger partial charge in [0.15, 0.2) is 5.65 Å². The van der Waals surface area contributed by atoms with Gasteiger partial charge in [-0.1, -0.05) is 11.6 Å². The summed E-state index contributed by atoms with van der Waals surface area (Å²) in [6, 6.07) is 0. The highest BCUT2D eigenvalue weighted by Gasteiger charge is 2.09.